The van der Waals surface area contributed by atoms with Gasteiger partial charge in [-0.2, -0.15) is 0 Å². The van der Waals surface area contributed by atoms with Crippen LogP contribution in [0.3, 0.4) is 0 Å². The Hall–Kier alpha value is -1.65. The van der Waals surface area contributed by atoms with E-state index in [0.717, 1.165) is 65.9 Å². The van der Waals surface area contributed by atoms with Crippen molar-refractivity contribution >= 4 is 16.7 Å². The van der Waals surface area contributed by atoms with Crippen molar-refractivity contribution in [1.82, 2.24) is 9.88 Å². The number of H-pyrrole nitrogens is 1. The highest BCUT2D eigenvalue weighted by Crippen LogP contribution is 2.25. The predicted molar refractivity (Wildman–Crippen MR) is 83.5 cm³/mol. The Balaban J connectivity index is 1.66. The number of rotatable bonds is 3. The van der Waals surface area contributed by atoms with E-state index in [4.69, 9.17) is 0 Å². The number of hydrogen-bond donors (Lipinski definition) is 1. The van der Waals surface area contributed by atoms with E-state index in [2.05, 4.69) is 16.0 Å². The lowest BCUT2D eigenvalue weighted by Crippen LogP contribution is -2.68. The maximum Gasteiger partial charge on any atom is 0.219 e. The molecule has 0 aliphatic carbocycles. The second kappa shape index (κ2) is 4.68. The van der Waals surface area contributed by atoms with Gasteiger partial charge in [-0.05, 0) is 13.0 Å². The van der Waals surface area contributed by atoms with E-state index >= 15 is 0 Å². The van der Waals surface area contributed by atoms with Crippen molar-refractivity contribution in [2.24, 2.45) is 0 Å². The molecule has 3 aliphatic rings. The highest BCUT2D eigenvalue weighted by atomic mass is 16.1. The first kappa shape index (κ1) is 13.0. The Morgan fingerprint density at radius 2 is 1.86 bits per heavy atom. The summed E-state index contributed by atoms with van der Waals surface area (Å²) in [6.45, 7) is 9.53. The van der Waals surface area contributed by atoms with Gasteiger partial charge in [0.2, 0.25) is 5.78 Å². The van der Waals surface area contributed by atoms with Crippen LogP contribution in [0.5, 0.6) is 0 Å². The first-order valence-electron chi connectivity index (χ1n) is 7.85. The summed E-state index contributed by atoms with van der Waals surface area (Å²) in [7, 11) is 0. The molecule has 3 saturated heterocycles. The van der Waals surface area contributed by atoms with Crippen molar-refractivity contribution in [3.63, 3.8) is 0 Å². The maximum absolute atomic E-state index is 12.9. The van der Waals surface area contributed by atoms with E-state index in [1.54, 1.807) is 0 Å². The highest BCUT2D eigenvalue weighted by Gasteiger charge is 2.40. The summed E-state index contributed by atoms with van der Waals surface area (Å²) >= 11 is 0. The van der Waals surface area contributed by atoms with E-state index in [-0.39, 0.29) is 0 Å². The SMILES string of the molecule is Cc1[nH]c2ccccc2c1C(=O)C[N+]12CCN(CC1)CC2. The molecule has 1 aromatic heterocycles. The number of benzene rings is 1. The van der Waals surface area contributed by atoms with Gasteiger partial charge in [0.1, 0.15) is 6.54 Å². The Labute approximate surface area is 124 Å². The number of carbonyl (C=O) groups excluding carboxylic acids is 1. The van der Waals surface area contributed by atoms with Gasteiger partial charge in [-0.1, -0.05) is 18.2 Å². The number of nitrogens with zero attached hydrogens (tertiary/aromatic N) is 2. The number of aromatic amines is 1. The molecule has 1 N–H and O–H groups in total. The van der Waals surface area contributed by atoms with Gasteiger partial charge in [-0.3, -0.25) is 9.69 Å². The third-order valence-electron chi connectivity index (χ3n) is 5.32. The number of carbonyl (C=O) groups is 1. The quantitative estimate of drug-likeness (QED) is 0.689. The fourth-order valence-corrected chi connectivity index (χ4v) is 3.99. The van der Waals surface area contributed by atoms with Gasteiger partial charge in [0.15, 0.2) is 0 Å². The normalized spacial score (nSPS) is 28.1. The molecule has 5 rings (SSSR count). The molecule has 0 radical (unpaired) electrons. The lowest BCUT2D eigenvalue weighted by molar-refractivity contribution is -0.933. The number of aryl methyl sites for hydroxylation is 1. The zero-order valence-electron chi connectivity index (χ0n) is 12.6. The Kier molecular flexibility index (Phi) is 2.91. The fraction of sp³-hybridized carbons (Fsp3) is 0.471. The van der Waals surface area contributed by atoms with Crippen LogP contribution in [0, 0.1) is 6.92 Å². The maximum atomic E-state index is 12.9. The van der Waals surface area contributed by atoms with Crippen molar-refractivity contribution in [2.75, 3.05) is 45.8 Å². The molecule has 4 nitrogen and oxygen atoms in total. The van der Waals surface area contributed by atoms with E-state index in [0.29, 0.717) is 12.3 Å². The van der Waals surface area contributed by atoms with Crippen LogP contribution in [0.15, 0.2) is 24.3 Å². The summed E-state index contributed by atoms with van der Waals surface area (Å²) in [5.41, 5.74) is 2.99. The first-order valence-corrected chi connectivity index (χ1v) is 7.85. The second-order valence-electron chi connectivity index (χ2n) is 6.61. The van der Waals surface area contributed by atoms with E-state index in [1.807, 2.05) is 25.1 Å². The van der Waals surface area contributed by atoms with Crippen molar-refractivity contribution in [1.29, 1.82) is 0 Å². The molecule has 0 spiro atoms. The minimum absolute atomic E-state index is 0.306. The summed E-state index contributed by atoms with van der Waals surface area (Å²) in [5, 5.41) is 1.08. The topological polar surface area (TPSA) is 36.1 Å². The number of quaternary nitrogens is 1. The van der Waals surface area contributed by atoms with Crippen LogP contribution in [0.4, 0.5) is 0 Å². The lowest BCUT2D eigenvalue weighted by Gasteiger charge is -2.50. The van der Waals surface area contributed by atoms with Gasteiger partial charge < -0.3 is 9.47 Å². The van der Waals surface area contributed by atoms with Crippen molar-refractivity contribution in [3.05, 3.63) is 35.5 Å². The summed E-state index contributed by atoms with van der Waals surface area (Å²) < 4.78 is 0.994. The molecule has 4 heteroatoms. The van der Waals surface area contributed by atoms with Crippen LogP contribution >= 0.6 is 0 Å². The van der Waals surface area contributed by atoms with E-state index in [9.17, 15) is 4.79 Å². The third-order valence-corrected chi connectivity index (χ3v) is 5.32. The number of piperazine rings is 3. The number of hydrogen-bond acceptors (Lipinski definition) is 2. The lowest BCUT2D eigenvalue weighted by atomic mass is 10.0. The molecular weight excluding hydrogens is 262 g/mol. The highest BCUT2D eigenvalue weighted by molar-refractivity contribution is 6.09. The van der Waals surface area contributed by atoms with Crippen molar-refractivity contribution < 1.29 is 9.28 Å². The van der Waals surface area contributed by atoms with Crippen LogP contribution in [-0.4, -0.2) is 66.0 Å². The molecule has 21 heavy (non-hydrogen) atoms. The van der Waals surface area contributed by atoms with Crippen LogP contribution < -0.4 is 0 Å². The van der Waals surface area contributed by atoms with E-state index < -0.39 is 0 Å². The fourth-order valence-electron chi connectivity index (χ4n) is 3.99. The molecule has 110 valence electrons. The molecule has 0 amide bonds. The summed E-state index contributed by atoms with van der Waals surface area (Å²) in [4.78, 5) is 18.8. The molecule has 3 fully saturated rings. The third kappa shape index (κ3) is 2.10. The number of ketones is 1. The Bertz CT molecular complexity index is 681. The van der Waals surface area contributed by atoms with Gasteiger partial charge in [0.05, 0.1) is 25.2 Å². The van der Waals surface area contributed by atoms with Crippen LogP contribution in [0.25, 0.3) is 10.9 Å². The van der Waals surface area contributed by atoms with Gasteiger partial charge in [0, 0.05) is 36.2 Å². The van der Waals surface area contributed by atoms with Crippen LogP contribution in [0.1, 0.15) is 16.1 Å². The second-order valence-corrected chi connectivity index (χ2v) is 6.61. The van der Waals surface area contributed by atoms with Crippen LogP contribution in [0.2, 0.25) is 0 Å². The minimum atomic E-state index is 0.306. The largest absolute Gasteiger partial charge is 0.358 e. The monoisotopic (exact) mass is 284 g/mol. The predicted octanol–water partition coefficient (Wildman–Crippen LogP) is 1.81. The standard InChI is InChI=1S/C17H21N3O/c1-13-17(14-4-2-3-5-15(14)18-13)16(21)12-20-9-6-19(7-10-20)8-11-20/h2-5H,6-12H2,1H3/p+1. The molecule has 3 aliphatic heterocycles. The number of Topliss-reactive ketones (excluding diaryl/α,β-unsaturated/α-hetero) is 1. The average molecular weight is 284 g/mol. The van der Waals surface area contributed by atoms with Gasteiger partial charge in [0.25, 0.3) is 0 Å². The molecule has 2 bridgehead atoms. The van der Waals surface area contributed by atoms with Crippen molar-refractivity contribution in [3.8, 4) is 0 Å². The molecule has 0 unspecified atom stereocenters. The van der Waals surface area contributed by atoms with Crippen LogP contribution in [-0.2, 0) is 0 Å². The summed E-state index contributed by atoms with van der Waals surface area (Å²) in [6, 6.07) is 8.13. The number of aromatic nitrogens is 1. The molecule has 0 atom stereocenters. The van der Waals surface area contributed by atoms with E-state index in [1.165, 1.54) is 0 Å². The number of nitrogens with one attached hydrogen (secondary N) is 1. The molecule has 1 aromatic carbocycles. The summed E-state index contributed by atoms with van der Waals surface area (Å²) in [6.07, 6.45) is 0. The Morgan fingerprint density at radius 3 is 2.57 bits per heavy atom. The van der Waals surface area contributed by atoms with Gasteiger partial charge >= 0.3 is 0 Å². The number of fused-ring (bicyclic) bond motifs is 4. The first-order chi connectivity index (χ1) is 10.2. The summed E-state index contributed by atoms with van der Waals surface area (Å²) in [5.74, 6) is 0.306. The zero-order chi connectivity index (χ0) is 14.4. The Morgan fingerprint density at radius 1 is 1.19 bits per heavy atom. The molecular formula is C17H22N3O+. The molecule has 2 aromatic rings. The van der Waals surface area contributed by atoms with Gasteiger partial charge in [-0.15, -0.1) is 0 Å². The smallest absolute Gasteiger partial charge is 0.219 e. The molecule has 0 saturated carbocycles. The van der Waals surface area contributed by atoms with Gasteiger partial charge in [-0.25, -0.2) is 0 Å². The zero-order valence-corrected chi connectivity index (χ0v) is 12.6. The molecule has 4 heterocycles. The average Bonchev–Trinajstić information content (AvgIpc) is 2.84. The van der Waals surface area contributed by atoms with Crippen molar-refractivity contribution in [2.45, 2.75) is 6.92 Å². The number of para-hydroxylation sites is 1. The minimum Gasteiger partial charge on any atom is -0.358 e.